The average molecular weight is 161 g/mol. The fourth-order valence-corrected chi connectivity index (χ4v) is 0.792. The number of aliphatic hydroxyl groups excluding tert-OH is 2. The van der Waals surface area contributed by atoms with E-state index in [1.54, 1.807) is 6.92 Å². The summed E-state index contributed by atoms with van der Waals surface area (Å²) in [7, 11) is 0. The Morgan fingerprint density at radius 3 is 2.36 bits per heavy atom. The summed E-state index contributed by atoms with van der Waals surface area (Å²) in [6.07, 6.45) is 0.382. The topological polar surface area (TPSA) is 52.5 Å². The van der Waals surface area contributed by atoms with Gasteiger partial charge in [-0.2, -0.15) is 0 Å². The second-order valence-corrected chi connectivity index (χ2v) is 3.59. The Hall–Kier alpha value is -0.120. The van der Waals surface area contributed by atoms with E-state index in [-0.39, 0.29) is 18.2 Å². The Kier molecular flexibility index (Phi) is 4.65. The van der Waals surface area contributed by atoms with Gasteiger partial charge >= 0.3 is 0 Å². The van der Waals surface area contributed by atoms with Gasteiger partial charge in [0.1, 0.15) is 0 Å². The molecule has 1 atom stereocenters. The lowest BCUT2D eigenvalue weighted by Gasteiger charge is -2.26. The lowest BCUT2D eigenvalue weighted by atomic mass is 10.0. The van der Waals surface area contributed by atoms with Gasteiger partial charge in [-0.15, -0.1) is 0 Å². The monoisotopic (exact) mass is 161 g/mol. The van der Waals surface area contributed by atoms with Crippen LogP contribution in [0.15, 0.2) is 0 Å². The summed E-state index contributed by atoms with van der Waals surface area (Å²) in [4.78, 5) is 0. The summed E-state index contributed by atoms with van der Waals surface area (Å²) in [5, 5.41) is 20.8. The highest BCUT2D eigenvalue weighted by Gasteiger charge is 2.15. The van der Waals surface area contributed by atoms with Gasteiger partial charge in [0.2, 0.25) is 0 Å². The third-order valence-corrected chi connectivity index (χ3v) is 1.61. The lowest BCUT2D eigenvalue weighted by Crippen LogP contribution is -2.43. The van der Waals surface area contributed by atoms with Gasteiger partial charge in [-0.25, -0.2) is 0 Å². The summed E-state index contributed by atoms with van der Waals surface area (Å²) in [5.74, 6) is 0. The minimum Gasteiger partial charge on any atom is -0.396 e. The first-order valence-corrected chi connectivity index (χ1v) is 4.02. The zero-order valence-corrected chi connectivity index (χ0v) is 7.59. The summed E-state index contributed by atoms with van der Waals surface area (Å²) in [6, 6.07) is 0. The molecule has 0 saturated carbocycles. The van der Waals surface area contributed by atoms with E-state index in [1.807, 2.05) is 13.8 Å². The van der Waals surface area contributed by atoms with Crippen molar-refractivity contribution in [3.8, 4) is 0 Å². The van der Waals surface area contributed by atoms with Crippen LogP contribution in [0, 0.1) is 0 Å². The molecule has 0 aromatic rings. The van der Waals surface area contributed by atoms with Crippen molar-refractivity contribution in [3.63, 3.8) is 0 Å². The highest BCUT2D eigenvalue weighted by atomic mass is 16.3. The number of hydrogen-bond donors (Lipinski definition) is 3. The first kappa shape index (κ1) is 10.9. The Labute approximate surface area is 68.4 Å². The van der Waals surface area contributed by atoms with Crippen LogP contribution in [0.3, 0.4) is 0 Å². The van der Waals surface area contributed by atoms with Gasteiger partial charge in [0.15, 0.2) is 0 Å². The van der Waals surface area contributed by atoms with Gasteiger partial charge in [0, 0.05) is 18.7 Å². The van der Waals surface area contributed by atoms with Crippen molar-refractivity contribution in [2.75, 3.05) is 13.2 Å². The molecule has 0 amide bonds. The van der Waals surface area contributed by atoms with Crippen molar-refractivity contribution in [2.24, 2.45) is 0 Å². The molecule has 0 heterocycles. The van der Waals surface area contributed by atoms with Crippen LogP contribution < -0.4 is 5.32 Å². The van der Waals surface area contributed by atoms with E-state index in [1.165, 1.54) is 0 Å². The maximum Gasteiger partial charge on any atom is 0.0636 e. The molecule has 0 spiro atoms. The molecule has 3 heteroatoms. The molecule has 0 fully saturated rings. The zero-order chi connectivity index (χ0) is 8.91. The van der Waals surface area contributed by atoms with E-state index < -0.39 is 0 Å². The molecule has 0 aromatic heterocycles. The summed E-state index contributed by atoms with van der Waals surface area (Å²) >= 11 is 0. The second-order valence-electron chi connectivity index (χ2n) is 3.59. The van der Waals surface area contributed by atoms with Gasteiger partial charge < -0.3 is 15.5 Å². The van der Waals surface area contributed by atoms with Crippen LogP contribution >= 0.6 is 0 Å². The molecule has 3 N–H and O–H groups in total. The molecular formula is C8H19NO2. The fourth-order valence-electron chi connectivity index (χ4n) is 0.792. The predicted molar refractivity (Wildman–Crippen MR) is 45.5 cm³/mol. The van der Waals surface area contributed by atoms with Crippen LogP contribution in [0.25, 0.3) is 0 Å². The molecule has 11 heavy (non-hydrogen) atoms. The molecule has 0 aliphatic heterocycles. The number of β-amino-alcohol motifs (C(OH)–C–C–N with tert-alkyl or cyclic N) is 1. The average Bonchev–Trinajstić information content (AvgIpc) is 1.84. The Morgan fingerprint density at radius 1 is 1.45 bits per heavy atom. The Balaban J connectivity index is 3.54. The van der Waals surface area contributed by atoms with Crippen LogP contribution in [-0.4, -0.2) is 35.0 Å². The minimum atomic E-state index is -0.326. The van der Waals surface area contributed by atoms with Crippen molar-refractivity contribution in [1.29, 1.82) is 0 Å². The molecule has 0 aromatic carbocycles. The second kappa shape index (κ2) is 4.70. The highest BCUT2D eigenvalue weighted by molar-refractivity contribution is 4.77. The quantitative estimate of drug-likeness (QED) is 0.537. The normalized spacial score (nSPS) is 15.0. The molecule has 0 saturated heterocycles. The maximum atomic E-state index is 8.96. The molecule has 0 rings (SSSR count). The third kappa shape index (κ3) is 6.28. The molecule has 68 valence electrons. The van der Waals surface area contributed by atoms with Gasteiger partial charge in [-0.1, -0.05) is 0 Å². The smallest absolute Gasteiger partial charge is 0.0636 e. The van der Waals surface area contributed by atoms with Crippen LogP contribution in [0.1, 0.15) is 27.2 Å². The molecule has 0 bridgehead atoms. The zero-order valence-electron chi connectivity index (χ0n) is 7.59. The first-order chi connectivity index (χ1) is 4.98. The van der Waals surface area contributed by atoms with E-state index in [0.717, 1.165) is 0 Å². The Bertz CT molecular complexity index is 102. The van der Waals surface area contributed by atoms with E-state index in [2.05, 4.69) is 5.32 Å². The van der Waals surface area contributed by atoms with Crippen LogP contribution in [0.4, 0.5) is 0 Å². The molecule has 1 unspecified atom stereocenters. The van der Waals surface area contributed by atoms with E-state index in [9.17, 15) is 0 Å². The number of aliphatic hydroxyl groups is 2. The number of hydrogen-bond acceptors (Lipinski definition) is 3. The van der Waals surface area contributed by atoms with Gasteiger partial charge in [0.25, 0.3) is 0 Å². The van der Waals surface area contributed by atoms with Crippen molar-refractivity contribution < 1.29 is 10.2 Å². The fraction of sp³-hybridized carbons (Fsp3) is 1.00. The minimum absolute atomic E-state index is 0.0776. The summed E-state index contributed by atoms with van der Waals surface area (Å²) < 4.78 is 0. The van der Waals surface area contributed by atoms with Gasteiger partial charge in [-0.3, -0.25) is 0 Å². The molecule has 0 radical (unpaired) electrons. The first-order valence-electron chi connectivity index (χ1n) is 4.02. The van der Waals surface area contributed by atoms with Crippen LogP contribution in [0.2, 0.25) is 0 Å². The number of rotatable bonds is 5. The molecule has 0 aliphatic carbocycles. The van der Waals surface area contributed by atoms with E-state index in [4.69, 9.17) is 10.2 Å². The highest BCUT2D eigenvalue weighted by Crippen LogP contribution is 2.06. The largest absolute Gasteiger partial charge is 0.396 e. The van der Waals surface area contributed by atoms with Gasteiger partial charge in [-0.05, 0) is 27.2 Å². The summed E-state index contributed by atoms with van der Waals surface area (Å²) in [5.41, 5.74) is -0.0776. The van der Waals surface area contributed by atoms with Crippen molar-refractivity contribution >= 4 is 0 Å². The maximum absolute atomic E-state index is 8.96. The van der Waals surface area contributed by atoms with Crippen molar-refractivity contribution in [2.45, 2.75) is 38.8 Å². The molecule has 0 aliphatic rings. The van der Waals surface area contributed by atoms with Crippen LogP contribution in [-0.2, 0) is 0 Å². The SMILES string of the molecule is CC(O)CNC(C)(C)CCO. The van der Waals surface area contributed by atoms with E-state index >= 15 is 0 Å². The van der Waals surface area contributed by atoms with Gasteiger partial charge in [0.05, 0.1) is 6.10 Å². The van der Waals surface area contributed by atoms with Crippen molar-refractivity contribution in [1.82, 2.24) is 5.32 Å². The predicted octanol–water partition coefficient (Wildman–Crippen LogP) is 0.118. The van der Waals surface area contributed by atoms with E-state index in [0.29, 0.717) is 13.0 Å². The standard InChI is InChI=1S/C8H19NO2/c1-7(11)6-9-8(2,3)4-5-10/h7,9-11H,4-6H2,1-3H3. The number of nitrogens with one attached hydrogen (secondary N) is 1. The van der Waals surface area contributed by atoms with Crippen LogP contribution in [0.5, 0.6) is 0 Å². The molecule has 3 nitrogen and oxygen atoms in total. The summed E-state index contributed by atoms with van der Waals surface area (Å²) in [6.45, 7) is 6.51. The molecular weight excluding hydrogens is 142 g/mol. The lowest BCUT2D eigenvalue weighted by molar-refractivity contribution is 0.164. The third-order valence-electron chi connectivity index (χ3n) is 1.61. The van der Waals surface area contributed by atoms with Crippen molar-refractivity contribution in [3.05, 3.63) is 0 Å². The Morgan fingerprint density at radius 2 is 2.00 bits per heavy atom.